The fourth-order valence-electron chi connectivity index (χ4n) is 8.41. The molecule has 3 N–H and O–H groups in total. The molecule has 2 aliphatic rings. The number of hydrogen-bond donors (Lipinski definition) is 3. The SMILES string of the molecule is COC(=O)NN(C(=O)N1CCC[C@H]1c1nc2ccc(-c3ccc(-c4ccc5nc([C@@H]6CCCN6C(=O)[C@H](OC)c6ccccc6)[nH]c5c4)cc3)cc2[nH]1)c1ccccc1. The Morgan fingerprint density at radius 2 is 1.19 bits per heavy atom. The topological polar surface area (TPSA) is 149 Å². The van der Waals surface area contributed by atoms with Crippen LogP contribution in [-0.4, -0.2) is 75.1 Å². The number of H-pyrrole nitrogens is 2. The van der Waals surface area contributed by atoms with E-state index in [0.717, 1.165) is 81.4 Å². The van der Waals surface area contributed by atoms with Crippen LogP contribution in [0.4, 0.5) is 15.3 Å². The highest BCUT2D eigenvalue weighted by Crippen LogP contribution is 2.37. The number of carbonyl (C=O) groups excluding carboxylic acids is 3. The van der Waals surface area contributed by atoms with Gasteiger partial charge in [-0.15, -0.1) is 0 Å². The van der Waals surface area contributed by atoms with Gasteiger partial charge in [-0.1, -0.05) is 84.9 Å². The number of ether oxygens (including phenoxy) is 2. The molecule has 13 heteroatoms. The van der Waals surface area contributed by atoms with Gasteiger partial charge in [-0.05, 0) is 89.9 Å². The Hall–Kier alpha value is -6.99. The number of anilines is 1. The van der Waals surface area contributed by atoms with Crippen LogP contribution in [-0.2, 0) is 14.3 Å². The summed E-state index contributed by atoms with van der Waals surface area (Å²) < 4.78 is 10.5. The summed E-state index contributed by atoms with van der Waals surface area (Å²) in [5, 5.41) is 1.22. The number of benzene rings is 5. The van der Waals surface area contributed by atoms with Gasteiger partial charge in [-0.25, -0.2) is 25.0 Å². The number of likely N-dealkylation sites (tertiary alicyclic amines) is 2. The average molecular weight is 789 g/mol. The summed E-state index contributed by atoms with van der Waals surface area (Å²) in [6.07, 6.45) is 1.86. The molecule has 0 bridgehead atoms. The summed E-state index contributed by atoms with van der Waals surface area (Å²) in [6.45, 7) is 1.18. The maximum absolute atomic E-state index is 13.9. The van der Waals surface area contributed by atoms with E-state index in [1.807, 2.05) is 53.4 Å². The average Bonchev–Trinajstić information content (AvgIpc) is 4.12. The quantitative estimate of drug-likeness (QED) is 0.130. The van der Waals surface area contributed by atoms with Crippen LogP contribution in [0, 0.1) is 0 Å². The van der Waals surface area contributed by atoms with Crippen LogP contribution in [0.2, 0.25) is 0 Å². The van der Waals surface area contributed by atoms with Crippen molar-refractivity contribution in [2.24, 2.45) is 0 Å². The molecule has 2 aromatic heterocycles. The van der Waals surface area contributed by atoms with Crippen molar-refractivity contribution < 1.29 is 23.9 Å². The normalized spacial score (nSPS) is 17.1. The molecular formula is C46H44N8O5. The zero-order valence-electron chi connectivity index (χ0n) is 32.8. The van der Waals surface area contributed by atoms with Crippen molar-refractivity contribution in [3.63, 3.8) is 0 Å². The number of nitrogens with one attached hydrogen (secondary N) is 3. The first-order valence-electron chi connectivity index (χ1n) is 19.9. The van der Waals surface area contributed by atoms with Gasteiger partial charge < -0.3 is 29.2 Å². The van der Waals surface area contributed by atoms with Crippen LogP contribution >= 0.6 is 0 Å². The number of para-hydroxylation sites is 1. The Bertz CT molecular complexity index is 2630. The number of aromatic nitrogens is 4. The molecule has 7 aromatic rings. The van der Waals surface area contributed by atoms with Crippen molar-refractivity contribution in [3.05, 3.63) is 139 Å². The number of rotatable bonds is 8. The highest BCUT2D eigenvalue weighted by molar-refractivity contribution is 5.94. The van der Waals surface area contributed by atoms with E-state index in [0.29, 0.717) is 24.6 Å². The molecule has 0 aliphatic carbocycles. The monoisotopic (exact) mass is 788 g/mol. The van der Waals surface area contributed by atoms with Gasteiger partial charge in [-0.3, -0.25) is 4.79 Å². The summed E-state index contributed by atoms with van der Waals surface area (Å²) >= 11 is 0. The first kappa shape index (κ1) is 37.6. The number of hydrogen-bond acceptors (Lipinski definition) is 7. The van der Waals surface area contributed by atoms with E-state index in [4.69, 9.17) is 19.4 Å². The van der Waals surface area contributed by atoms with Crippen LogP contribution in [0.25, 0.3) is 44.3 Å². The Labute approximate surface area is 340 Å². The van der Waals surface area contributed by atoms with E-state index >= 15 is 0 Å². The highest BCUT2D eigenvalue weighted by atomic mass is 16.5. The van der Waals surface area contributed by atoms with Crippen molar-refractivity contribution in [3.8, 4) is 22.3 Å². The van der Waals surface area contributed by atoms with Gasteiger partial charge in [0.25, 0.3) is 5.91 Å². The number of aromatic amines is 2. The van der Waals surface area contributed by atoms with Crippen LogP contribution in [0.1, 0.15) is 61.1 Å². The van der Waals surface area contributed by atoms with Gasteiger partial charge in [0.15, 0.2) is 6.10 Å². The second kappa shape index (κ2) is 16.1. The zero-order valence-corrected chi connectivity index (χ0v) is 32.8. The third-order valence-corrected chi connectivity index (χ3v) is 11.4. The lowest BCUT2D eigenvalue weighted by Crippen LogP contribution is -2.52. The molecule has 0 spiro atoms. The Morgan fingerprint density at radius 3 is 1.73 bits per heavy atom. The molecule has 2 aliphatic heterocycles. The van der Waals surface area contributed by atoms with Crippen LogP contribution < -0.4 is 10.4 Å². The molecule has 0 radical (unpaired) electrons. The molecular weight excluding hydrogens is 745 g/mol. The number of imidazole rings is 2. The number of fused-ring (bicyclic) bond motifs is 2. The number of amides is 4. The molecule has 2 saturated heterocycles. The second-order valence-electron chi connectivity index (χ2n) is 14.9. The Morgan fingerprint density at radius 1 is 0.678 bits per heavy atom. The standard InChI is InChI=1S/C46H44N8O5/c1-58-41(31-11-5-3-6-12-31)44(55)52-25-9-15-39(52)42-47-35-23-21-32(27-37(35)49-42)29-17-19-30(20-18-29)33-22-24-36-38(28-33)50-43(48-36)40-16-10-26-53(40)46(57)54(51-45(56)59-2)34-13-7-4-8-14-34/h3-8,11-14,17-24,27-28,39-41H,9-10,15-16,25-26H2,1-2H3,(H,47,49)(H,48,50)(H,51,56)/t39-,40-,41+/m0/s1. The summed E-state index contributed by atoms with van der Waals surface area (Å²) in [6, 6.07) is 38.6. The molecule has 298 valence electrons. The van der Waals surface area contributed by atoms with Crippen LogP contribution in [0.3, 0.4) is 0 Å². The minimum atomic E-state index is -0.738. The van der Waals surface area contributed by atoms with Crippen LogP contribution in [0.15, 0.2) is 121 Å². The molecule has 2 fully saturated rings. The zero-order chi connectivity index (χ0) is 40.5. The molecule has 5 aromatic carbocycles. The molecule has 13 nitrogen and oxygen atoms in total. The van der Waals surface area contributed by atoms with Gasteiger partial charge in [0.05, 0.1) is 46.9 Å². The number of nitrogens with zero attached hydrogens (tertiary/aromatic N) is 5. The maximum Gasteiger partial charge on any atom is 0.426 e. The minimum absolute atomic E-state index is 0.0519. The molecule has 0 saturated carbocycles. The van der Waals surface area contributed by atoms with Crippen molar-refractivity contribution in [2.45, 2.75) is 43.9 Å². The van der Waals surface area contributed by atoms with E-state index in [-0.39, 0.29) is 24.0 Å². The summed E-state index contributed by atoms with van der Waals surface area (Å²) in [5.41, 5.74) is 11.6. The van der Waals surface area contributed by atoms with Crippen molar-refractivity contribution in [1.29, 1.82) is 0 Å². The first-order valence-corrected chi connectivity index (χ1v) is 19.9. The molecule has 0 unspecified atom stereocenters. The van der Waals surface area contributed by atoms with Crippen molar-refractivity contribution >= 4 is 45.8 Å². The second-order valence-corrected chi connectivity index (χ2v) is 14.9. The lowest BCUT2D eigenvalue weighted by Gasteiger charge is -2.30. The van der Waals surface area contributed by atoms with Crippen molar-refractivity contribution in [2.75, 3.05) is 32.3 Å². The van der Waals surface area contributed by atoms with E-state index in [2.05, 4.69) is 63.9 Å². The number of methoxy groups -OCH3 is 2. The van der Waals surface area contributed by atoms with E-state index < -0.39 is 12.2 Å². The third kappa shape index (κ3) is 7.36. The third-order valence-electron chi connectivity index (χ3n) is 11.4. The van der Waals surface area contributed by atoms with E-state index in [9.17, 15) is 14.4 Å². The number of carbonyl (C=O) groups is 3. The highest BCUT2D eigenvalue weighted by Gasteiger charge is 2.37. The molecule has 9 rings (SSSR count). The van der Waals surface area contributed by atoms with Crippen molar-refractivity contribution in [1.82, 2.24) is 35.2 Å². The van der Waals surface area contributed by atoms with E-state index in [1.165, 1.54) is 12.1 Å². The smallest absolute Gasteiger partial charge is 0.426 e. The van der Waals surface area contributed by atoms with Gasteiger partial charge in [0.1, 0.15) is 11.6 Å². The van der Waals surface area contributed by atoms with Gasteiger partial charge in [0, 0.05) is 20.2 Å². The summed E-state index contributed by atoms with van der Waals surface area (Å²) in [4.78, 5) is 60.3. The molecule has 3 atom stereocenters. The molecule has 59 heavy (non-hydrogen) atoms. The first-order chi connectivity index (χ1) is 28.9. The van der Waals surface area contributed by atoms with Gasteiger partial charge >= 0.3 is 12.1 Å². The fraction of sp³-hybridized carbons (Fsp3) is 0.239. The molecule has 4 amide bonds. The molecule has 4 heterocycles. The predicted molar refractivity (Wildman–Crippen MR) is 225 cm³/mol. The fourth-order valence-corrected chi connectivity index (χ4v) is 8.41. The lowest BCUT2D eigenvalue weighted by molar-refractivity contribution is -0.143. The summed E-state index contributed by atoms with van der Waals surface area (Å²) in [7, 11) is 2.84. The Kier molecular flexibility index (Phi) is 10.3. The van der Waals surface area contributed by atoms with Crippen LogP contribution in [0.5, 0.6) is 0 Å². The summed E-state index contributed by atoms with van der Waals surface area (Å²) in [5.74, 6) is 1.43. The number of urea groups is 1. The number of hydrazine groups is 1. The lowest BCUT2D eigenvalue weighted by atomic mass is 10.00. The predicted octanol–water partition coefficient (Wildman–Crippen LogP) is 8.86. The van der Waals surface area contributed by atoms with Gasteiger partial charge in [0.2, 0.25) is 0 Å². The van der Waals surface area contributed by atoms with E-state index in [1.54, 1.807) is 36.3 Å². The maximum atomic E-state index is 13.9. The largest absolute Gasteiger partial charge is 0.452 e. The minimum Gasteiger partial charge on any atom is -0.452 e. The van der Waals surface area contributed by atoms with Gasteiger partial charge in [-0.2, -0.15) is 5.01 Å². The Balaban J connectivity index is 0.911.